The molecule has 0 unspecified atom stereocenters. The first-order chi connectivity index (χ1) is 12.5. The SMILES string of the molecule is CC(C)NC(=O)c1ccn(-c2coc(N3CCN(C(=O)CO)CC3)n2)n1. The Bertz CT molecular complexity index is 775. The number of aliphatic hydroxyl groups excluding tert-OH is 1. The van der Waals surface area contributed by atoms with E-state index in [1.54, 1.807) is 17.2 Å². The van der Waals surface area contributed by atoms with Crippen LogP contribution in [-0.2, 0) is 4.79 Å². The van der Waals surface area contributed by atoms with Gasteiger partial charge in [0.1, 0.15) is 12.9 Å². The lowest BCUT2D eigenvalue weighted by atomic mass is 10.3. The lowest BCUT2D eigenvalue weighted by Crippen LogP contribution is -2.49. The Kier molecular flexibility index (Phi) is 5.21. The number of aromatic nitrogens is 3. The summed E-state index contributed by atoms with van der Waals surface area (Å²) in [4.78, 5) is 31.4. The van der Waals surface area contributed by atoms with E-state index < -0.39 is 6.61 Å². The average molecular weight is 362 g/mol. The van der Waals surface area contributed by atoms with Gasteiger partial charge in [-0.3, -0.25) is 9.59 Å². The molecule has 0 atom stereocenters. The van der Waals surface area contributed by atoms with E-state index in [1.165, 1.54) is 10.9 Å². The molecule has 1 saturated heterocycles. The summed E-state index contributed by atoms with van der Waals surface area (Å²) in [5, 5.41) is 15.9. The lowest BCUT2D eigenvalue weighted by Gasteiger charge is -2.33. The van der Waals surface area contributed by atoms with Gasteiger partial charge in [0.15, 0.2) is 11.5 Å². The Labute approximate surface area is 150 Å². The summed E-state index contributed by atoms with van der Waals surface area (Å²) in [7, 11) is 0. The summed E-state index contributed by atoms with van der Waals surface area (Å²) in [6.07, 6.45) is 3.12. The maximum absolute atomic E-state index is 12.0. The fourth-order valence-corrected chi connectivity index (χ4v) is 2.66. The van der Waals surface area contributed by atoms with Gasteiger partial charge in [-0.1, -0.05) is 0 Å². The monoisotopic (exact) mass is 362 g/mol. The van der Waals surface area contributed by atoms with Crippen molar-refractivity contribution in [1.29, 1.82) is 0 Å². The molecule has 2 aromatic rings. The second-order valence-corrected chi connectivity index (χ2v) is 6.29. The molecular weight excluding hydrogens is 340 g/mol. The molecule has 0 saturated carbocycles. The number of amides is 2. The molecule has 3 heterocycles. The number of rotatable bonds is 5. The van der Waals surface area contributed by atoms with Crippen molar-refractivity contribution in [2.24, 2.45) is 0 Å². The van der Waals surface area contributed by atoms with Crippen molar-refractivity contribution in [2.75, 3.05) is 37.7 Å². The van der Waals surface area contributed by atoms with Gasteiger partial charge in [0.25, 0.3) is 11.9 Å². The zero-order valence-electron chi connectivity index (χ0n) is 14.8. The molecule has 2 aromatic heterocycles. The number of carbonyl (C=O) groups excluding carboxylic acids is 2. The summed E-state index contributed by atoms with van der Waals surface area (Å²) in [6.45, 7) is 5.41. The van der Waals surface area contributed by atoms with Crippen LogP contribution in [0.1, 0.15) is 24.3 Å². The fourth-order valence-electron chi connectivity index (χ4n) is 2.66. The van der Waals surface area contributed by atoms with Gasteiger partial charge in [-0.25, -0.2) is 4.68 Å². The van der Waals surface area contributed by atoms with Crippen LogP contribution in [0.25, 0.3) is 5.82 Å². The molecule has 1 fully saturated rings. The highest BCUT2D eigenvalue weighted by Crippen LogP contribution is 2.18. The van der Waals surface area contributed by atoms with Crippen molar-refractivity contribution < 1.29 is 19.1 Å². The Hall–Kier alpha value is -2.88. The first-order valence-corrected chi connectivity index (χ1v) is 8.44. The van der Waals surface area contributed by atoms with Gasteiger partial charge >= 0.3 is 0 Å². The summed E-state index contributed by atoms with van der Waals surface area (Å²) in [6, 6.07) is 2.08. The van der Waals surface area contributed by atoms with Gasteiger partial charge in [-0.2, -0.15) is 10.1 Å². The van der Waals surface area contributed by atoms with Gasteiger partial charge < -0.3 is 24.6 Å². The van der Waals surface area contributed by atoms with Crippen LogP contribution in [0.3, 0.4) is 0 Å². The number of anilines is 1. The number of carbonyl (C=O) groups is 2. The van der Waals surface area contributed by atoms with Crippen molar-refractivity contribution in [3.8, 4) is 5.82 Å². The largest absolute Gasteiger partial charge is 0.430 e. The number of hydrogen-bond donors (Lipinski definition) is 2. The molecule has 26 heavy (non-hydrogen) atoms. The maximum atomic E-state index is 12.0. The third-order valence-electron chi connectivity index (χ3n) is 3.99. The van der Waals surface area contributed by atoms with Crippen LogP contribution in [0.5, 0.6) is 0 Å². The Morgan fingerprint density at radius 3 is 2.69 bits per heavy atom. The van der Waals surface area contributed by atoms with E-state index in [4.69, 9.17) is 9.52 Å². The molecule has 0 aromatic carbocycles. The maximum Gasteiger partial charge on any atom is 0.299 e. The van der Waals surface area contributed by atoms with Gasteiger partial charge in [0.2, 0.25) is 5.91 Å². The van der Waals surface area contributed by atoms with Gasteiger partial charge in [0, 0.05) is 38.4 Å². The first kappa shape index (κ1) is 17.9. The Balaban J connectivity index is 1.65. The van der Waals surface area contributed by atoms with Crippen LogP contribution in [0.4, 0.5) is 6.01 Å². The lowest BCUT2D eigenvalue weighted by molar-refractivity contribution is -0.134. The van der Waals surface area contributed by atoms with Gasteiger partial charge in [0.05, 0.1) is 0 Å². The van der Waals surface area contributed by atoms with Crippen LogP contribution in [-0.4, -0.2) is 75.4 Å². The third kappa shape index (κ3) is 3.85. The standard InChI is InChI=1S/C16H22N6O4/c1-11(2)17-15(25)12-3-4-22(19-12)13-10-26-16(18-13)21-7-5-20(6-8-21)14(24)9-23/h3-4,10-11,23H,5-9H2,1-2H3,(H,17,25). The van der Waals surface area contributed by atoms with Crippen molar-refractivity contribution >= 4 is 17.8 Å². The van der Waals surface area contributed by atoms with E-state index in [1.807, 2.05) is 18.7 Å². The average Bonchev–Trinajstić information content (AvgIpc) is 3.30. The van der Waals surface area contributed by atoms with E-state index in [9.17, 15) is 9.59 Å². The molecule has 3 rings (SSSR count). The second kappa shape index (κ2) is 7.56. The van der Waals surface area contributed by atoms with Crippen LogP contribution < -0.4 is 10.2 Å². The molecule has 0 spiro atoms. The van der Waals surface area contributed by atoms with E-state index in [0.717, 1.165) is 0 Å². The van der Waals surface area contributed by atoms with E-state index in [-0.39, 0.29) is 17.9 Å². The van der Waals surface area contributed by atoms with Gasteiger partial charge in [-0.15, -0.1) is 0 Å². The van der Waals surface area contributed by atoms with Crippen LogP contribution in [0.15, 0.2) is 22.9 Å². The normalized spacial score (nSPS) is 14.8. The number of piperazine rings is 1. The number of nitrogens with one attached hydrogen (secondary N) is 1. The molecule has 0 radical (unpaired) electrons. The molecule has 2 N–H and O–H groups in total. The minimum absolute atomic E-state index is 0.0303. The molecule has 10 heteroatoms. The zero-order valence-corrected chi connectivity index (χ0v) is 14.8. The first-order valence-electron chi connectivity index (χ1n) is 8.44. The molecule has 2 amide bonds. The third-order valence-corrected chi connectivity index (χ3v) is 3.99. The highest BCUT2D eigenvalue weighted by atomic mass is 16.4. The summed E-state index contributed by atoms with van der Waals surface area (Å²) >= 11 is 0. The van der Waals surface area contributed by atoms with Crippen molar-refractivity contribution in [2.45, 2.75) is 19.9 Å². The molecule has 0 aliphatic carbocycles. The van der Waals surface area contributed by atoms with Gasteiger partial charge in [-0.05, 0) is 19.9 Å². The fraction of sp³-hybridized carbons (Fsp3) is 0.500. The number of nitrogens with zero attached hydrogens (tertiary/aromatic N) is 5. The van der Waals surface area contributed by atoms with Crippen molar-refractivity contribution in [1.82, 2.24) is 25.0 Å². The smallest absolute Gasteiger partial charge is 0.299 e. The van der Waals surface area contributed by atoms with E-state index >= 15 is 0 Å². The van der Waals surface area contributed by atoms with Crippen LogP contribution in [0.2, 0.25) is 0 Å². The predicted molar refractivity (Wildman–Crippen MR) is 92.1 cm³/mol. The molecule has 140 valence electrons. The minimum atomic E-state index is -0.477. The van der Waals surface area contributed by atoms with Crippen molar-refractivity contribution in [3.05, 3.63) is 24.2 Å². The quantitative estimate of drug-likeness (QED) is 0.746. The number of oxazole rings is 1. The highest BCUT2D eigenvalue weighted by molar-refractivity contribution is 5.92. The Morgan fingerprint density at radius 1 is 1.31 bits per heavy atom. The molecule has 0 bridgehead atoms. The van der Waals surface area contributed by atoms with Crippen LogP contribution in [0, 0.1) is 0 Å². The molecule has 10 nitrogen and oxygen atoms in total. The Morgan fingerprint density at radius 2 is 2.04 bits per heavy atom. The summed E-state index contributed by atoms with van der Waals surface area (Å²) in [5.74, 6) is -0.0499. The minimum Gasteiger partial charge on any atom is -0.430 e. The summed E-state index contributed by atoms with van der Waals surface area (Å²) < 4.78 is 7.00. The van der Waals surface area contributed by atoms with Crippen LogP contribution >= 0.6 is 0 Å². The molecular formula is C16H22N6O4. The molecule has 1 aliphatic rings. The zero-order chi connectivity index (χ0) is 18.7. The second-order valence-electron chi connectivity index (χ2n) is 6.29. The van der Waals surface area contributed by atoms with Crippen molar-refractivity contribution in [3.63, 3.8) is 0 Å². The summed E-state index contributed by atoms with van der Waals surface area (Å²) in [5.41, 5.74) is 0.305. The predicted octanol–water partition coefficient (Wildman–Crippen LogP) is -0.361. The number of aliphatic hydroxyl groups is 1. The van der Waals surface area contributed by atoms with E-state index in [0.29, 0.717) is 43.7 Å². The number of hydrogen-bond acceptors (Lipinski definition) is 7. The van der Waals surface area contributed by atoms with E-state index in [2.05, 4.69) is 15.4 Å². The highest BCUT2D eigenvalue weighted by Gasteiger charge is 2.23. The topological polar surface area (TPSA) is 117 Å². The molecule has 1 aliphatic heterocycles.